The largest absolute Gasteiger partial charge is 0.357 e. The van der Waals surface area contributed by atoms with Crippen molar-refractivity contribution in [2.75, 3.05) is 24.5 Å². The summed E-state index contributed by atoms with van der Waals surface area (Å²) in [6.07, 6.45) is 4.47. The monoisotopic (exact) mass is 369 g/mol. The van der Waals surface area contributed by atoms with Crippen molar-refractivity contribution in [1.82, 2.24) is 25.4 Å². The van der Waals surface area contributed by atoms with Crippen molar-refractivity contribution in [3.8, 4) is 0 Å². The normalized spacial score (nSPS) is 14.7. The molecule has 2 N–H and O–H groups in total. The van der Waals surface area contributed by atoms with Gasteiger partial charge in [0.15, 0.2) is 5.96 Å². The van der Waals surface area contributed by atoms with Gasteiger partial charge in [-0.15, -0.1) is 0 Å². The maximum Gasteiger partial charge on any atom is 0.191 e. The smallest absolute Gasteiger partial charge is 0.191 e. The van der Waals surface area contributed by atoms with Crippen LogP contribution < -0.4 is 15.5 Å². The van der Waals surface area contributed by atoms with Gasteiger partial charge in [-0.1, -0.05) is 6.07 Å². The highest BCUT2D eigenvalue weighted by atomic mass is 15.3. The first-order chi connectivity index (χ1) is 13.1. The van der Waals surface area contributed by atoms with Crippen molar-refractivity contribution in [2.45, 2.75) is 46.7 Å². The van der Waals surface area contributed by atoms with Crippen molar-refractivity contribution in [3.63, 3.8) is 0 Å². The summed E-state index contributed by atoms with van der Waals surface area (Å²) in [5.74, 6) is 1.89. The fourth-order valence-electron chi connectivity index (χ4n) is 3.40. The summed E-state index contributed by atoms with van der Waals surface area (Å²) < 4.78 is 1.92. The van der Waals surface area contributed by atoms with E-state index in [1.165, 1.54) is 24.1 Å². The Bertz CT molecular complexity index is 770. The molecule has 7 heteroatoms. The van der Waals surface area contributed by atoms with E-state index in [1.54, 1.807) is 0 Å². The molecule has 2 aromatic rings. The Morgan fingerprint density at radius 3 is 2.56 bits per heavy atom. The minimum atomic E-state index is 0.605. The highest BCUT2D eigenvalue weighted by molar-refractivity contribution is 5.79. The molecule has 0 saturated carbocycles. The lowest BCUT2D eigenvalue weighted by Gasteiger charge is -2.16. The lowest BCUT2D eigenvalue weighted by molar-refractivity contribution is 0.728. The number of aromatic nitrogens is 3. The van der Waals surface area contributed by atoms with E-state index in [0.717, 1.165) is 42.7 Å². The number of anilines is 1. The van der Waals surface area contributed by atoms with E-state index in [0.29, 0.717) is 13.1 Å². The van der Waals surface area contributed by atoms with E-state index < -0.39 is 0 Å². The molecule has 0 unspecified atom stereocenters. The topological polar surface area (TPSA) is 70.4 Å². The Hall–Kier alpha value is -2.57. The molecule has 0 atom stereocenters. The summed E-state index contributed by atoms with van der Waals surface area (Å²) in [7, 11) is 1.98. The molecule has 1 saturated heterocycles. The van der Waals surface area contributed by atoms with E-state index >= 15 is 0 Å². The van der Waals surface area contributed by atoms with Crippen LogP contribution in [0.4, 0.5) is 5.82 Å². The van der Waals surface area contributed by atoms with Gasteiger partial charge in [0.1, 0.15) is 5.82 Å². The van der Waals surface area contributed by atoms with Crippen molar-refractivity contribution in [1.29, 1.82) is 0 Å². The van der Waals surface area contributed by atoms with Crippen LogP contribution in [-0.4, -0.2) is 40.4 Å². The number of aliphatic imine (C=N–C) groups is 1. The summed E-state index contributed by atoms with van der Waals surface area (Å²) >= 11 is 0. The average Bonchev–Trinajstić information content (AvgIpc) is 3.28. The van der Waals surface area contributed by atoms with Gasteiger partial charge < -0.3 is 15.5 Å². The molecule has 3 rings (SSSR count). The van der Waals surface area contributed by atoms with Crippen LogP contribution in [0, 0.1) is 13.8 Å². The van der Waals surface area contributed by atoms with E-state index in [4.69, 9.17) is 4.99 Å². The highest BCUT2D eigenvalue weighted by Gasteiger charge is 2.13. The average molecular weight is 370 g/mol. The molecule has 1 fully saturated rings. The van der Waals surface area contributed by atoms with E-state index in [1.807, 2.05) is 24.9 Å². The lowest BCUT2D eigenvalue weighted by atomic mass is 10.2. The third kappa shape index (κ3) is 4.78. The first kappa shape index (κ1) is 19.2. The molecule has 146 valence electrons. The number of hydrogen-bond donors (Lipinski definition) is 2. The molecule has 1 aliphatic heterocycles. The number of rotatable bonds is 6. The van der Waals surface area contributed by atoms with Crippen molar-refractivity contribution in [3.05, 3.63) is 40.8 Å². The van der Waals surface area contributed by atoms with Crippen molar-refractivity contribution in [2.24, 2.45) is 12.0 Å². The summed E-state index contributed by atoms with van der Waals surface area (Å²) in [5, 5.41) is 11.2. The minimum Gasteiger partial charge on any atom is -0.357 e. The molecule has 0 bridgehead atoms. The van der Waals surface area contributed by atoms with Crippen LogP contribution in [0.2, 0.25) is 0 Å². The molecular weight excluding hydrogens is 338 g/mol. The fraction of sp³-hybridized carbons (Fsp3) is 0.550. The van der Waals surface area contributed by atoms with Crippen LogP contribution in [0.5, 0.6) is 0 Å². The first-order valence-corrected chi connectivity index (χ1v) is 9.79. The molecule has 0 amide bonds. The van der Waals surface area contributed by atoms with Gasteiger partial charge in [0.2, 0.25) is 0 Å². The second kappa shape index (κ2) is 8.88. The van der Waals surface area contributed by atoms with Crippen LogP contribution in [0.1, 0.15) is 42.3 Å². The van der Waals surface area contributed by atoms with Crippen LogP contribution in [0.3, 0.4) is 0 Å². The van der Waals surface area contributed by atoms with Gasteiger partial charge in [0, 0.05) is 50.7 Å². The molecule has 0 aromatic carbocycles. The number of guanidine groups is 1. The molecular formula is C20H31N7. The number of nitrogens with zero attached hydrogens (tertiary/aromatic N) is 5. The summed E-state index contributed by atoms with van der Waals surface area (Å²) in [6, 6.07) is 4.24. The Morgan fingerprint density at radius 2 is 1.96 bits per heavy atom. The molecule has 0 aliphatic carbocycles. The third-order valence-electron chi connectivity index (χ3n) is 5.09. The Kier molecular flexibility index (Phi) is 6.32. The number of nitrogens with one attached hydrogen (secondary N) is 2. The zero-order valence-electron chi connectivity index (χ0n) is 16.9. The van der Waals surface area contributed by atoms with Gasteiger partial charge in [-0.2, -0.15) is 5.10 Å². The van der Waals surface area contributed by atoms with Gasteiger partial charge in [-0.25, -0.2) is 9.98 Å². The summed E-state index contributed by atoms with van der Waals surface area (Å²) in [5.41, 5.74) is 4.57. The minimum absolute atomic E-state index is 0.605. The van der Waals surface area contributed by atoms with Gasteiger partial charge in [0.05, 0.1) is 12.2 Å². The first-order valence-electron chi connectivity index (χ1n) is 9.79. The highest BCUT2D eigenvalue weighted by Crippen LogP contribution is 2.17. The molecule has 1 aliphatic rings. The maximum atomic E-state index is 4.71. The second-order valence-electron chi connectivity index (χ2n) is 7.04. The molecule has 2 aromatic heterocycles. The lowest BCUT2D eigenvalue weighted by Crippen LogP contribution is -2.37. The van der Waals surface area contributed by atoms with E-state index in [9.17, 15) is 0 Å². The van der Waals surface area contributed by atoms with Crippen molar-refractivity contribution < 1.29 is 0 Å². The zero-order chi connectivity index (χ0) is 19.2. The fourth-order valence-corrected chi connectivity index (χ4v) is 3.40. The maximum absolute atomic E-state index is 4.71. The standard InChI is InChI=1S/C20H31N7/c1-5-21-20(24-14-18-15(2)25-26(4)16(18)3)23-13-17-8-9-19(22-12-17)27-10-6-7-11-27/h8-9,12H,5-7,10-11,13-14H2,1-4H3,(H2,21,23,24). The third-order valence-corrected chi connectivity index (χ3v) is 5.09. The van der Waals surface area contributed by atoms with Gasteiger partial charge >= 0.3 is 0 Å². The van der Waals surface area contributed by atoms with E-state index in [2.05, 4.69) is 51.6 Å². The predicted molar refractivity (Wildman–Crippen MR) is 110 cm³/mol. The molecule has 0 spiro atoms. The molecule has 3 heterocycles. The Labute approximate surface area is 161 Å². The van der Waals surface area contributed by atoms with Gasteiger partial charge in [0.25, 0.3) is 0 Å². The Morgan fingerprint density at radius 1 is 1.19 bits per heavy atom. The summed E-state index contributed by atoms with van der Waals surface area (Å²) in [6.45, 7) is 10.6. The molecule has 27 heavy (non-hydrogen) atoms. The van der Waals surface area contributed by atoms with Crippen LogP contribution in [-0.2, 0) is 20.1 Å². The summed E-state index contributed by atoms with van der Waals surface area (Å²) in [4.78, 5) is 11.7. The SMILES string of the molecule is CCNC(=NCc1ccc(N2CCCC2)nc1)NCc1c(C)nn(C)c1C. The van der Waals surface area contributed by atoms with Gasteiger partial charge in [-0.05, 0) is 45.2 Å². The van der Waals surface area contributed by atoms with E-state index in [-0.39, 0.29) is 0 Å². The van der Waals surface area contributed by atoms with Crippen LogP contribution in [0.15, 0.2) is 23.3 Å². The molecule has 0 radical (unpaired) electrons. The van der Waals surface area contributed by atoms with Gasteiger partial charge in [-0.3, -0.25) is 4.68 Å². The quantitative estimate of drug-likeness (QED) is 0.604. The zero-order valence-corrected chi connectivity index (χ0v) is 16.9. The molecule has 7 nitrogen and oxygen atoms in total. The van der Waals surface area contributed by atoms with Crippen LogP contribution >= 0.6 is 0 Å². The second-order valence-corrected chi connectivity index (χ2v) is 7.04. The number of hydrogen-bond acceptors (Lipinski definition) is 4. The number of aryl methyl sites for hydroxylation is 2. The van der Waals surface area contributed by atoms with Crippen LogP contribution in [0.25, 0.3) is 0 Å². The number of pyridine rings is 1. The van der Waals surface area contributed by atoms with Crippen molar-refractivity contribution >= 4 is 11.8 Å². The Balaban J connectivity index is 1.61. The predicted octanol–water partition coefficient (Wildman–Crippen LogP) is 2.29.